The Morgan fingerprint density at radius 3 is 2.38 bits per heavy atom. The number of anilines is 1. The zero-order valence-electron chi connectivity index (χ0n) is 20.6. The van der Waals surface area contributed by atoms with Crippen LogP contribution in [0.4, 0.5) is 5.95 Å². The van der Waals surface area contributed by atoms with Gasteiger partial charge < -0.3 is 10.1 Å². The van der Waals surface area contributed by atoms with E-state index >= 15 is 0 Å². The van der Waals surface area contributed by atoms with Gasteiger partial charge in [0.15, 0.2) is 0 Å². The van der Waals surface area contributed by atoms with Crippen LogP contribution in [0.25, 0.3) is 11.3 Å². The molecular formula is C26H26N6O4S. The van der Waals surface area contributed by atoms with Crippen molar-refractivity contribution >= 4 is 21.9 Å². The van der Waals surface area contributed by atoms with Crippen molar-refractivity contribution in [3.63, 3.8) is 0 Å². The number of carbonyl (C=O) groups is 1. The molecule has 2 aromatic carbocycles. The number of hydrogen-bond acceptors (Lipinski definition) is 7. The van der Waals surface area contributed by atoms with E-state index in [1.165, 1.54) is 17.1 Å². The van der Waals surface area contributed by atoms with Crippen LogP contribution in [0.2, 0.25) is 0 Å². The Kier molecular flexibility index (Phi) is 6.38. The molecule has 0 unspecified atom stereocenters. The molecule has 4 aromatic rings. The largest absolute Gasteiger partial charge is 0.439 e. The highest BCUT2D eigenvalue weighted by Crippen LogP contribution is 2.31. The summed E-state index contributed by atoms with van der Waals surface area (Å²) in [4.78, 5) is 21.1. The summed E-state index contributed by atoms with van der Waals surface area (Å²) in [5.74, 6) is 0.321. The Morgan fingerprint density at radius 2 is 1.76 bits per heavy atom. The van der Waals surface area contributed by atoms with Crippen molar-refractivity contribution in [3.8, 4) is 22.9 Å². The fourth-order valence-electron chi connectivity index (χ4n) is 3.88. The van der Waals surface area contributed by atoms with Gasteiger partial charge in [-0.25, -0.2) is 18.1 Å². The van der Waals surface area contributed by atoms with E-state index in [2.05, 4.69) is 25.1 Å². The minimum Gasteiger partial charge on any atom is -0.439 e. The second-order valence-electron chi connectivity index (χ2n) is 9.01. The molecule has 10 nitrogen and oxygen atoms in total. The molecule has 0 aliphatic heterocycles. The molecule has 0 radical (unpaired) electrons. The summed E-state index contributed by atoms with van der Waals surface area (Å²) in [6.45, 7) is 3.91. The predicted molar refractivity (Wildman–Crippen MR) is 138 cm³/mol. The lowest BCUT2D eigenvalue weighted by Gasteiger charge is -2.13. The van der Waals surface area contributed by atoms with E-state index in [4.69, 9.17) is 4.74 Å². The highest BCUT2D eigenvalue weighted by atomic mass is 32.2. The predicted octanol–water partition coefficient (Wildman–Crippen LogP) is 3.98. The smallest absolute Gasteiger partial charge is 0.267 e. The molecule has 0 bridgehead atoms. The first-order valence-corrected chi connectivity index (χ1v) is 13.2. The molecule has 2 heterocycles. The number of benzene rings is 2. The Hall–Kier alpha value is -4.25. The molecule has 1 aliphatic carbocycles. The topological polar surface area (TPSA) is 128 Å². The SMILES string of the molecule is Cc1cccc(C)c1-c1cc(Oc2ccc(C(=O)NC3CC3)cc2)nc(NS(=O)(=O)c2cnn(C)c2)n1. The summed E-state index contributed by atoms with van der Waals surface area (Å²) in [5, 5.41) is 6.88. The number of nitrogens with zero attached hydrogens (tertiary/aromatic N) is 4. The Balaban J connectivity index is 1.48. The lowest BCUT2D eigenvalue weighted by atomic mass is 10.00. The first-order chi connectivity index (χ1) is 17.7. The van der Waals surface area contributed by atoms with Crippen molar-refractivity contribution in [2.24, 2.45) is 7.05 Å². The number of amides is 1. The van der Waals surface area contributed by atoms with Crippen molar-refractivity contribution in [1.82, 2.24) is 25.1 Å². The molecule has 190 valence electrons. The van der Waals surface area contributed by atoms with Crippen LogP contribution >= 0.6 is 0 Å². The number of rotatable bonds is 8. The third-order valence-corrected chi connectivity index (χ3v) is 7.19. The Morgan fingerprint density at radius 1 is 1.05 bits per heavy atom. The zero-order chi connectivity index (χ0) is 26.2. The average molecular weight is 519 g/mol. The lowest BCUT2D eigenvalue weighted by molar-refractivity contribution is 0.0951. The maximum atomic E-state index is 12.9. The molecule has 2 N–H and O–H groups in total. The van der Waals surface area contributed by atoms with E-state index in [-0.39, 0.29) is 28.7 Å². The quantitative estimate of drug-likeness (QED) is 0.361. The van der Waals surface area contributed by atoms with Crippen LogP contribution in [-0.2, 0) is 17.1 Å². The number of nitrogens with one attached hydrogen (secondary N) is 2. The Bertz CT molecular complexity index is 1560. The summed E-state index contributed by atoms with van der Waals surface area (Å²) < 4.78 is 35.7. The number of aryl methyl sites for hydroxylation is 3. The van der Waals surface area contributed by atoms with Gasteiger partial charge in [-0.3, -0.25) is 9.48 Å². The van der Waals surface area contributed by atoms with Crippen molar-refractivity contribution < 1.29 is 17.9 Å². The number of ether oxygens (including phenoxy) is 1. The summed E-state index contributed by atoms with van der Waals surface area (Å²) in [6, 6.07) is 14.5. The maximum absolute atomic E-state index is 12.9. The monoisotopic (exact) mass is 518 g/mol. The molecule has 1 fully saturated rings. The molecule has 1 aliphatic rings. The van der Waals surface area contributed by atoms with Crippen LogP contribution in [0.15, 0.2) is 65.8 Å². The van der Waals surface area contributed by atoms with Gasteiger partial charge in [-0.05, 0) is 62.1 Å². The van der Waals surface area contributed by atoms with Crippen LogP contribution in [0.5, 0.6) is 11.6 Å². The molecule has 2 aromatic heterocycles. The number of hydrogen-bond donors (Lipinski definition) is 2. The number of sulfonamides is 1. The third-order valence-electron chi connectivity index (χ3n) is 5.91. The second-order valence-corrected chi connectivity index (χ2v) is 10.7. The van der Waals surface area contributed by atoms with Crippen molar-refractivity contribution in [2.75, 3.05) is 4.72 Å². The lowest BCUT2D eigenvalue weighted by Crippen LogP contribution is -2.25. The van der Waals surface area contributed by atoms with Crippen LogP contribution in [0.3, 0.4) is 0 Å². The molecule has 0 atom stereocenters. The minimum atomic E-state index is -3.98. The standard InChI is InChI=1S/C26H26N6O4S/c1-16-5-4-6-17(2)24(16)22-13-23(30-26(29-22)31-37(34,35)21-14-27-32(3)15-21)36-20-11-7-18(8-12-20)25(33)28-19-9-10-19/h4-8,11-15,19H,9-10H2,1-3H3,(H,28,33)(H,29,30,31). The number of carbonyl (C=O) groups excluding carboxylic acids is 1. The first-order valence-electron chi connectivity index (χ1n) is 11.7. The normalized spacial score (nSPS) is 13.3. The fraction of sp³-hybridized carbons (Fsp3) is 0.231. The van der Waals surface area contributed by atoms with Gasteiger partial charge in [0.05, 0.1) is 11.9 Å². The van der Waals surface area contributed by atoms with Crippen LogP contribution in [0, 0.1) is 13.8 Å². The van der Waals surface area contributed by atoms with Crippen LogP contribution in [-0.4, -0.2) is 40.1 Å². The van der Waals surface area contributed by atoms with Gasteiger partial charge >= 0.3 is 0 Å². The Labute approximate surface area is 214 Å². The van der Waals surface area contributed by atoms with Crippen LogP contribution < -0.4 is 14.8 Å². The summed E-state index contributed by atoms with van der Waals surface area (Å²) in [5.41, 5.74) is 3.82. The molecule has 0 saturated heterocycles. The van der Waals surface area contributed by atoms with Crippen LogP contribution in [0.1, 0.15) is 34.3 Å². The highest BCUT2D eigenvalue weighted by Gasteiger charge is 2.24. The van der Waals surface area contributed by atoms with Gasteiger partial charge in [0.1, 0.15) is 10.6 Å². The van der Waals surface area contributed by atoms with E-state index in [0.717, 1.165) is 29.5 Å². The van der Waals surface area contributed by atoms with Gasteiger partial charge in [-0.2, -0.15) is 10.1 Å². The van der Waals surface area contributed by atoms with E-state index in [1.807, 2.05) is 32.0 Å². The minimum absolute atomic E-state index is 0.0152. The first kappa shape index (κ1) is 24.4. The van der Waals surface area contributed by atoms with Gasteiger partial charge in [0.25, 0.3) is 15.9 Å². The fourth-order valence-corrected chi connectivity index (χ4v) is 4.80. The van der Waals surface area contributed by atoms with Crippen molar-refractivity contribution in [3.05, 3.63) is 77.6 Å². The van der Waals surface area contributed by atoms with Gasteiger partial charge in [0, 0.05) is 36.5 Å². The summed E-state index contributed by atoms with van der Waals surface area (Å²) in [7, 11) is -2.35. The molecule has 37 heavy (non-hydrogen) atoms. The van der Waals surface area contributed by atoms with E-state index in [0.29, 0.717) is 17.0 Å². The van der Waals surface area contributed by atoms with Gasteiger partial charge in [0.2, 0.25) is 11.8 Å². The highest BCUT2D eigenvalue weighted by molar-refractivity contribution is 7.92. The van der Waals surface area contributed by atoms with E-state index in [9.17, 15) is 13.2 Å². The van der Waals surface area contributed by atoms with Crippen molar-refractivity contribution in [1.29, 1.82) is 0 Å². The second kappa shape index (κ2) is 9.66. The van der Waals surface area contributed by atoms with Gasteiger partial charge in [-0.15, -0.1) is 0 Å². The maximum Gasteiger partial charge on any atom is 0.267 e. The zero-order valence-corrected chi connectivity index (χ0v) is 21.4. The van der Waals surface area contributed by atoms with E-state index < -0.39 is 10.0 Å². The molecular weight excluding hydrogens is 492 g/mol. The van der Waals surface area contributed by atoms with E-state index in [1.54, 1.807) is 37.4 Å². The summed E-state index contributed by atoms with van der Waals surface area (Å²) >= 11 is 0. The summed E-state index contributed by atoms with van der Waals surface area (Å²) in [6.07, 6.45) is 4.65. The molecule has 1 amide bonds. The molecule has 5 rings (SSSR count). The molecule has 11 heteroatoms. The average Bonchev–Trinajstić information content (AvgIpc) is 3.54. The number of aromatic nitrogens is 4. The van der Waals surface area contributed by atoms with Crippen molar-refractivity contribution in [2.45, 2.75) is 37.6 Å². The molecule has 1 saturated carbocycles. The third kappa shape index (κ3) is 5.61. The van der Waals surface area contributed by atoms with Gasteiger partial charge in [-0.1, -0.05) is 18.2 Å². The molecule has 0 spiro atoms.